The Morgan fingerprint density at radius 3 is 2.52 bits per heavy atom. The van der Waals surface area contributed by atoms with Crippen LogP contribution in [0.1, 0.15) is 39.3 Å². The lowest BCUT2D eigenvalue weighted by Gasteiger charge is -2.22. The van der Waals surface area contributed by atoms with Crippen molar-refractivity contribution in [2.45, 2.75) is 38.5 Å². The summed E-state index contributed by atoms with van der Waals surface area (Å²) in [6, 6.07) is 7.22. The Morgan fingerprint density at radius 1 is 1.24 bits per heavy atom. The Morgan fingerprint density at radius 2 is 1.90 bits per heavy atom. The lowest BCUT2D eigenvalue weighted by atomic mass is 10.1. The number of pyridine rings is 1. The van der Waals surface area contributed by atoms with Crippen molar-refractivity contribution in [1.29, 1.82) is 0 Å². The second kappa shape index (κ2) is 6.21. The van der Waals surface area contributed by atoms with Crippen LogP contribution in [0.2, 0.25) is 10.2 Å². The summed E-state index contributed by atoms with van der Waals surface area (Å²) < 4.78 is 14.9. The number of nitrogens with one attached hydrogen (secondary N) is 1. The first-order valence-corrected chi connectivity index (χ1v) is 8.53. The topological polar surface area (TPSA) is 42.0 Å². The number of hydrogen-bond acceptors (Lipinski definition) is 2. The Hall–Kier alpha value is -0.680. The number of hydrogen-bond donors (Lipinski definition) is 1. The molecule has 0 aliphatic rings. The van der Waals surface area contributed by atoms with Crippen LogP contribution in [-0.4, -0.2) is 13.9 Å². The van der Waals surface area contributed by atoms with Gasteiger partial charge in [-0.2, -0.15) is 0 Å². The van der Waals surface area contributed by atoms with E-state index in [0.717, 1.165) is 16.5 Å². The average Bonchev–Trinajstić information content (AvgIpc) is 2.37. The van der Waals surface area contributed by atoms with Gasteiger partial charge in [-0.05, 0) is 52.0 Å². The summed E-state index contributed by atoms with van der Waals surface area (Å²) >= 11 is 12.3. The molecule has 0 radical (unpaired) electrons. The van der Waals surface area contributed by atoms with Crippen LogP contribution in [0.25, 0.3) is 10.9 Å². The van der Waals surface area contributed by atoms with Crippen molar-refractivity contribution in [2.75, 3.05) is 0 Å². The summed E-state index contributed by atoms with van der Waals surface area (Å²) in [6.45, 7) is 7.68. The van der Waals surface area contributed by atoms with E-state index in [1.54, 1.807) is 6.07 Å². The molecule has 1 N–H and O–H groups in total. The van der Waals surface area contributed by atoms with Gasteiger partial charge in [0.2, 0.25) is 0 Å². The Bertz CT molecular complexity index is 698. The van der Waals surface area contributed by atoms with Crippen LogP contribution in [0, 0.1) is 0 Å². The van der Waals surface area contributed by atoms with Gasteiger partial charge in [-0.25, -0.2) is 13.9 Å². The van der Waals surface area contributed by atoms with Gasteiger partial charge in [0.15, 0.2) is 0 Å². The number of halogens is 2. The van der Waals surface area contributed by atoms with Gasteiger partial charge >= 0.3 is 0 Å². The molecule has 0 saturated heterocycles. The number of aromatic nitrogens is 1. The number of benzene rings is 1. The molecule has 0 bridgehead atoms. The smallest absolute Gasteiger partial charge is 0.134 e. The molecule has 1 aromatic carbocycles. The number of rotatable bonds is 3. The molecule has 2 atom stereocenters. The van der Waals surface area contributed by atoms with Gasteiger partial charge in [-0.3, -0.25) is 0 Å². The van der Waals surface area contributed by atoms with Crippen LogP contribution in [0.5, 0.6) is 0 Å². The Labute approximate surface area is 137 Å². The van der Waals surface area contributed by atoms with Crippen molar-refractivity contribution >= 4 is 45.1 Å². The van der Waals surface area contributed by atoms with Crippen LogP contribution < -0.4 is 4.72 Å². The average molecular weight is 345 g/mol. The van der Waals surface area contributed by atoms with Crippen molar-refractivity contribution < 1.29 is 4.21 Å². The summed E-state index contributed by atoms with van der Waals surface area (Å²) in [5.41, 5.74) is 1.60. The van der Waals surface area contributed by atoms with Crippen LogP contribution in [-0.2, 0) is 11.0 Å². The second-order valence-electron chi connectivity index (χ2n) is 5.93. The van der Waals surface area contributed by atoms with E-state index in [9.17, 15) is 4.21 Å². The maximum Gasteiger partial charge on any atom is 0.134 e. The van der Waals surface area contributed by atoms with Gasteiger partial charge in [0.05, 0.1) is 21.2 Å². The summed E-state index contributed by atoms with van der Waals surface area (Å²) in [4.78, 5) is 4.38. The Kier molecular flexibility index (Phi) is 4.93. The normalized spacial score (nSPS) is 15.1. The molecule has 1 aromatic heterocycles. The third kappa shape index (κ3) is 3.95. The molecule has 1 heterocycles. The van der Waals surface area contributed by atoms with Gasteiger partial charge in [-0.15, -0.1) is 0 Å². The molecule has 0 spiro atoms. The highest BCUT2D eigenvalue weighted by Gasteiger charge is 2.23. The molecule has 2 rings (SSSR count). The fraction of sp³-hybridized carbons (Fsp3) is 0.400. The molecule has 114 valence electrons. The zero-order valence-electron chi connectivity index (χ0n) is 12.4. The van der Waals surface area contributed by atoms with Gasteiger partial charge < -0.3 is 0 Å². The highest BCUT2D eigenvalue weighted by molar-refractivity contribution is 7.84. The third-order valence-corrected chi connectivity index (χ3v) is 5.28. The summed E-state index contributed by atoms with van der Waals surface area (Å²) in [7, 11) is -1.18. The minimum absolute atomic E-state index is 0.173. The van der Waals surface area contributed by atoms with E-state index in [0.29, 0.717) is 10.2 Å². The van der Waals surface area contributed by atoms with Gasteiger partial charge in [0, 0.05) is 22.0 Å². The minimum Gasteiger partial charge on any atom is -0.242 e. The zero-order valence-corrected chi connectivity index (χ0v) is 14.7. The highest BCUT2D eigenvalue weighted by Crippen LogP contribution is 2.28. The molecule has 0 aliphatic carbocycles. The first-order valence-electron chi connectivity index (χ1n) is 6.62. The maximum absolute atomic E-state index is 12.2. The van der Waals surface area contributed by atoms with Crippen molar-refractivity contribution in [3.05, 3.63) is 40.0 Å². The first-order chi connectivity index (χ1) is 9.68. The fourth-order valence-corrected chi connectivity index (χ4v) is 3.14. The first kappa shape index (κ1) is 16.7. The van der Waals surface area contributed by atoms with E-state index in [1.165, 1.54) is 0 Å². The van der Waals surface area contributed by atoms with Crippen molar-refractivity contribution in [2.24, 2.45) is 0 Å². The van der Waals surface area contributed by atoms with E-state index < -0.39 is 11.0 Å². The van der Waals surface area contributed by atoms with Crippen LogP contribution >= 0.6 is 23.2 Å². The molecular formula is C15H18Cl2N2OS. The maximum atomic E-state index is 12.2. The molecule has 2 aromatic rings. The zero-order chi connectivity index (χ0) is 15.8. The Balaban J connectivity index is 2.37. The van der Waals surface area contributed by atoms with Gasteiger partial charge in [0.1, 0.15) is 5.15 Å². The standard InChI is InChI=1S/C15H18Cl2N2OS/c1-9(19-21(20)15(2,3)4)12-8-10-7-11(16)5-6-13(10)18-14(12)17/h5-9,19H,1-4H3/t9-,21?/m1/s1. The molecule has 0 fully saturated rings. The highest BCUT2D eigenvalue weighted by atomic mass is 35.5. The van der Waals surface area contributed by atoms with E-state index in [1.807, 2.05) is 45.9 Å². The predicted molar refractivity (Wildman–Crippen MR) is 91.2 cm³/mol. The monoisotopic (exact) mass is 344 g/mol. The van der Waals surface area contributed by atoms with E-state index >= 15 is 0 Å². The third-order valence-electron chi connectivity index (χ3n) is 3.06. The second-order valence-corrected chi connectivity index (χ2v) is 8.72. The summed E-state index contributed by atoms with van der Waals surface area (Å²) in [6.07, 6.45) is 0. The van der Waals surface area contributed by atoms with E-state index in [-0.39, 0.29) is 10.8 Å². The fourth-order valence-electron chi connectivity index (χ4n) is 1.84. The van der Waals surface area contributed by atoms with Crippen LogP contribution in [0.15, 0.2) is 24.3 Å². The molecular weight excluding hydrogens is 327 g/mol. The summed E-state index contributed by atoms with van der Waals surface area (Å²) in [5.74, 6) is 0. The quantitative estimate of drug-likeness (QED) is 0.823. The molecule has 0 aliphatic heterocycles. The summed E-state index contributed by atoms with van der Waals surface area (Å²) in [5, 5.41) is 1.98. The van der Waals surface area contributed by atoms with Crippen molar-refractivity contribution in [1.82, 2.24) is 9.71 Å². The predicted octanol–water partition coefficient (Wildman–Crippen LogP) is 4.65. The lowest BCUT2D eigenvalue weighted by Crippen LogP contribution is -2.34. The molecule has 3 nitrogen and oxygen atoms in total. The van der Waals surface area contributed by atoms with Crippen LogP contribution in [0.4, 0.5) is 0 Å². The largest absolute Gasteiger partial charge is 0.242 e. The minimum atomic E-state index is -1.18. The van der Waals surface area contributed by atoms with Crippen molar-refractivity contribution in [3.8, 4) is 0 Å². The molecule has 6 heteroatoms. The SMILES string of the molecule is C[C@@H](NS(=O)C(C)(C)C)c1cc2cc(Cl)ccc2nc1Cl. The molecule has 0 amide bonds. The van der Waals surface area contributed by atoms with Gasteiger partial charge in [-0.1, -0.05) is 23.2 Å². The number of nitrogens with zero attached hydrogens (tertiary/aromatic N) is 1. The molecule has 0 saturated carbocycles. The van der Waals surface area contributed by atoms with E-state index in [2.05, 4.69) is 9.71 Å². The van der Waals surface area contributed by atoms with Gasteiger partial charge in [0.25, 0.3) is 0 Å². The lowest BCUT2D eigenvalue weighted by molar-refractivity contribution is 0.616. The molecule has 1 unspecified atom stereocenters. The van der Waals surface area contributed by atoms with Crippen molar-refractivity contribution in [3.63, 3.8) is 0 Å². The van der Waals surface area contributed by atoms with E-state index in [4.69, 9.17) is 23.2 Å². The molecule has 21 heavy (non-hydrogen) atoms. The van der Waals surface area contributed by atoms with Crippen LogP contribution in [0.3, 0.4) is 0 Å². The number of fused-ring (bicyclic) bond motifs is 1.